The molecule has 0 fully saturated rings. The summed E-state index contributed by atoms with van der Waals surface area (Å²) in [5.41, 5.74) is 5.36. The van der Waals surface area contributed by atoms with Gasteiger partial charge in [0.2, 0.25) is 11.8 Å². The number of phenols is 1. The molecule has 0 spiro atoms. The zero-order valence-electron chi connectivity index (χ0n) is 22.4. The molecule has 6 heteroatoms. The third-order valence-corrected chi connectivity index (χ3v) is 7.92. The van der Waals surface area contributed by atoms with Crippen LogP contribution in [0.1, 0.15) is 42.1 Å². The molecule has 5 aromatic rings. The van der Waals surface area contributed by atoms with Gasteiger partial charge >= 0.3 is 0 Å². The van der Waals surface area contributed by atoms with Crippen LogP contribution in [0.15, 0.2) is 96.0 Å². The lowest BCUT2D eigenvalue weighted by atomic mass is 9.84. The highest BCUT2D eigenvalue weighted by molar-refractivity contribution is 5.97. The van der Waals surface area contributed by atoms with Crippen molar-refractivity contribution in [3.63, 3.8) is 0 Å². The molecule has 0 saturated carbocycles. The number of benzene rings is 4. The van der Waals surface area contributed by atoms with Gasteiger partial charge in [-0.05, 0) is 71.6 Å². The lowest BCUT2D eigenvalue weighted by molar-refractivity contribution is 0.132. The largest absolute Gasteiger partial charge is 0.506 e. The predicted octanol–water partition coefficient (Wildman–Crippen LogP) is 8.03. The first-order valence-electron chi connectivity index (χ1n) is 13.3. The van der Waals surface area contributed by atoms with Crippen LogP contribution in [0.5, 0.6) is 17.4 Å². The summed E-state index contributed by atoms with van der Waals surface area (Å²) in [6, 6.07) is 27.6. The summed E-state index contributed by atoms with van der Waals surface area (Å²) in [4.78, 5) is 9.56. The molecule has 2 heterocycles. The number of hydrogen-bond donors (Lipinski definition) is 1. The average molecular weight is 531 g/mol. The maximum Gasteiger partial charge on any atom is 0.219 e. The number of pyridine rings is 1. The van der Waals surface area contributed by atoms with Gasteiger partial charge < -0.3 is 14.6 Å². The van der Waals surface area contributed by atoms with Crippen LogP contribution >= 0.6 is 0 Å². The molecule has 0 bridgehead atoms. The number of nitrogens with zero attached hydrogens (tertiary/aromatic N) is 2. The zero-order valence-corrected chi connectivity index (χ0v) is 22.4. The van der Waals surface area contributed by atoms with E-state index in [1.165, 1.54) is 17.2 Å². The lowest BCUT2D eigenvalue weighted by Crippen LogP contribution is -2.32. The summed E-state index contributed by atoms with van der Waals surface area (Å²) in [7, 11) is 0. The molecular weight excluding hydrogens is 503 g/mol. The summed E-state index contributed by atoms with van der Waals surface area (Å²) in [5.74, 6) is 1.02. The van der Waals surface area contributed by atoms with E-state index in [0.717, 1.165) is 10.9 Å². The van der Waals surface area contributed by atoms with Gasteiger partial charge in [0.1, 0.15) is 35.0 Å². The van der Waals surface area contributed by atoms with Crippen molar-refractivity contribution >= 4 is 16.8 Å². The number of aliphatic imine (C=N–C) groups is 1. The maximum absolute atomic E-state index is 14.9. The van der Waals surface area contributed by atoms with Crippen LogP contribution in [0.3, 0.4) is 0 Å². The Hall–Kier alpha value is -4.71. The number of halogens is 1. The van der Waals surface area contributed by atoms with Crippen LogP contribution in [-0.2, 0) is 10.2 Å². The molecule has 1 N–H and O–H groups in total. The molecule has 1 aromatic heterocycles. The Balaban J connectivity index is 1.32. The van der Waals surface area contributed by atoms with Gasteiger partial charge in [-0.3, -0.25) is 0 Å². The number of fused-ring (bicyclic) bond motifs is 4. The SMILES string of the molecule is Cc1cc(O)c2nc(Oc3cc(C4=N[C@H]5c6ccccc6C(C)(C)[C@H]5O4)cc(-c4ccccc4F)c3)ccc2c1. The third kappa shape index (κ3) is 3.90. The summed E-state index contributed by atoms with van der Waals surface area (Å²) < 4.78 is 27.6. The topological polar surface area (TPSA) is 63.9 Å². The minimum Gasteiger partial charge on any atom is -0.506 e. The highest BCUT2D eigenvalue weighted by Crippen LogP contribution is 2.51. The van der Waals surface area contributed by atoms with E-state index >= 15 is 0 Å². The number of rotatable bonds is 4. The minimum absolute atomic E-state index is 0.0874. The first-order chi connectivity index (χ1) is 19.3. The smallest absolute Gasteiger partial charge is 0.219 e. The molecule has 1 aliphatic heterocycles. The van der Waals surface area contributed by atoms with Crippen molar-refractivity contribution in [3.8, 4) is 28.5 Å². The van der Waals surface area contributed by atoms with Crippen LogP contribution in [0, 0.1) is 12.7 Å². The molecule has 2 atom stereocenters. The second kappa shape index (κ2) is 8.91. The summed E-state index contributed by atoms with van der Waals surface area (Å²) in [5, 5.41) is 11.3. The molecule has 0 amide bonds. The van der Waals surface area contributed by atoms with Crippen molar-refractivity contribution in [3.05, 3.63) is 119 Å². The highest BCUT2D eigenvalue weighted by atomic mass is 19.1. The third-order valence-electron chi connectivity index (χ3n) is 7.92. The zero-order chi connectivity index (χ0) is 27.6. The first-order valence-corrected chi connectivity index (χ1v) is 13.3. The van der Waals surface area contributed by atoms with E-state index in [2.05, 4.69) is 37.0 Å². The second-order valence-corrected chi connectivity index (χ2v) is 11.1. The first kappa shape index (κ1) is 24.3. The molecule has 4 aromatic carbocycles. The molecule has 1 aliphatic carbocycles. The molecule has 0 unspecified atom stereocenters. The number of ether oxygens (including phenoxy) is 2. The monoisotopic (exact) mass is 530 g/mol. The number of aryl methyl sites for hydroxylation is 1. The fraction of sp³-hybridized carbons (Fsp3) is 0.176. The Morgan fingerprint density at radius 1 is 0.900 bits per heavy atom. The van der Waals surface area contributed by atoms with Crippen molar-refractivity contribution in [2.75, 3.05) is 0 Å². The van der Waals surface area contributed by atoms with E-state index in [1.54, 1.807) is 36.4 Å². The Bertz CT molecular complexity index is 1850. The molecule has 7 rings (SSSR count). The Morgan fingerprint density at radius 3 is 2.52 bits per heavy atom. The number of aromatic hydroxyl groups is 1. The summed E-state index contributed by atoms with van der Waals surface area (Å²) >= 11 is 0. The van der Waals surface area contributed by atoms with Crippen LogP contribution in [0.2, 0.25) is 0 Å². The Kier molecular flexibility index (Phi) is 5.42. The fourth-order valence-corrected chi connectivity index (χ4v) is 5.98. The van der Waals surface area contributed by atoms with Gasteiger partial charge in [0.25, 0.3) is 0 Å². The van der Waals surface area contributed by atoms with E-state index < -0.39 is 0 Å². The van der Waals surface area contributed by atoms with Crippen LogP contribution in [-0.4, -0.2) is 22.1 Å². The quantitative estimate of drug-likeness (QED) is 0.256. The van der Waals surface area contributed by atoms with Gasteiger partial charge in [0.05, 0.1) is 0 Å². The van der Waals surface area contributed by atoms with Gasteiger partial charge in [0.15, 0.2) is 0 Å². The Morgan fingerprint density at radius 2 is 1.68 bits per heavy atom. The van der Waals surface area contributed by atoms with Gasteiger partial charge in [-0.15, -0.1) is 0 Å². The van der Waals surface area contributed by atoms with E-state index in [9.17, 15) is 9.50 Å². The van der Waals surface area contributed by atoms with Crippen LogP contribution in [0.4, 0.5) is 4.39 Å². The van der Waals surface area contributed by atoms with Crippen molar-refractivity contribution in [1.82, 2.24) is 4.98 Å². The van der Waals surface area contributed by atoms with Crippen molar-refractivity contribution in [1.29, 1.82) is 0 Å². The number of phenolic OH excluding ortho intramolecular Hbond substituents is 1. The maximum atomic E-state index is 14.9. The molecular formula is C34H27FN2O3. The number of aromatic nitrogens is 1. The summed E-state index contributed by atoms with van der Waals surface area (Å²) in [6.07, 6.45) is -0.144. The molecule has 198 valence electrons. The standard InChI is InChI=1S/C34H27FN2O3/c1-19-14-20-12-13-29(36-30(20)28(38)15-19)39-23-17-21(24-8-5-7-11-27(24)35)16-22(18-23)33-37-31-25-9-4-6-10-26(25)34(2,3)32(31)40-33/h4-18,31-32,38H,1-3H3/t31-,32-/m0/s1. The van der Waals surface area contributed by atoms with Crippen LogP contribution < -0.4 is 4.74 Å². The molecule has 0 saturated heterocycles. The second-order valence-electron chi connectivity index (χ2n) is 11.1. The lowest BCUT2D eigenvalue weighted by Gasteiger charge is -2.27. The average Bonchev–Trinajstić information content (AvgIpc) is 3.47. The van der Waals surface area contributed by atoms with Gasteiger partial charge in [-0.2, -0.15) is 0 Å². The van der Waals surface area contributed by atoms with Crippen molar-refractivity contribution in [2.24, 2.45) is 4.99 Å². The normalized spacial score (nSPS) is 18.6. The van der Waals surface area contributed by atoms with Gasteiger partial charge in [0, 0.05) is 28.0 Å². The van der Waals surface area contributed by atoms with E-state index in [-0.39, 0.29) is 29.1 Å². The molecule has 40 heavy (non-hydrogen) atoms. The van der Waals surface area contributed by atoms with E-state index in [1.807, 2.05) is 37.3 Å². The predicted molar refractivity (Wildman–Crippen MR) is 154 cm³/mol. The van der Waals surface area contributed by atoms with Gasteiger partial charge in [-0.25, -0.2) is 14.4 Å². The summed E-state index contributed by atoms with van der Waals surface area (Å²) in [6.45, 7) is 6.28. The van der Waals surface area contributed by atoms with E-state index in [4.69, 9.17) is 14.5 Å². The fourth-order valence-electron chi connectivity index (χ4n) is 5.98. The number of hydrogen-bond acceptors (Lipinski definition) is 5. The van der Waals surface area contributed by atoms with Crippen molar-refractivity contribution in [2.45, 2.75) is 38.3 Å². The van der Waals surface area contributed by atoms with Gasteiger partial charge in [-0.1, -0.05) is 56.3 Å². The highest BCUT2D eigenvalue weighted by Gasteiger charge is 2.51. The minimum atomic E-state index is -0.337. The molecule has 5 nitrogen and oxygen atoms in total. The molecule has 0 radical (unpaired) electrons. The van der Waals surface area contributed by atoms with E-state index in [0.29, 0.717) is 39.7 Å². The van der Waals surface area contributed by atoms with Crippen molar-refractivity contribution < 1.29 is 19.0 Å². The Labute approximate surface area is 231 Å². The molecule has 2 aliphatic rings. The van der Waals surface area contributed by atoms with Crippen LogP contribution in [0.25, 0.3) is 22.0 Å².